The van der Waals surface area contributed by atoms with Crippen LogP contribution in [0.2, 0.25) is 0 Å². The van der Waals surface area contributed by atoms with E-state index in [1.54, 1.807) is 0 Å². The van der Waals surface area contributed by atoms with Crippen LogP contribution in [0.15, 0.2) is 58.3 Å². The summed E-state index contributed by atoms with van der Waals surface area (Å²) in [7, 11) is 0. The van der Waals surface area contributed by atoms with E-state index in [0.29, 0.717) is 0 Å². The van der Waals surface area contributed by atoms with E-state index in [-0.39, 0.29) is 0 Å². The van der Waals surface area contributed by atoms with Crippen molar-refractivity contribution in [2.75, 3.05) is 24.5 Å². The number of anilines is 2. The van der Waals surface area contributed by atoms with Crippen molar-refractivity contribution < 1.29 is 0 Å². The third-order valence-electron chi connectivity index (χ3n) is 4.43. The van der Waals surface area contributed by atoms with Crippen molar-refractivity contribution in [2.24, 2.45) is 5.92 Å². The van der Waals surface area contributed by atoms with Gasteiger partial charge in [-0.25, -0.2) is 0 Å². The third-order valence-corrected chi connectivity index (χ3v) is 5.56. The van der Waals surface area contributed by atoms with Gasteiger partial charge in [-0.1, -0.05) is 36.0 Å². The topological polar surface area (TPSA) is 15.3 Å². The Bertz CT molecular complexity index is 589. The highest BCUT2D eigenvalue weighted by molar-refractivity contribution is 7.99. The van der Waals surface area contributed by atoms with Crippen LogP contribution in [-0.2, 0) is 0 Å². The third kappa shape index (κ3) is 2.56. The molecule has 0 spiro atoms. The second-order valence-corrected chi connectivity index (χ2v) is 6.93. The zero-order valence-electron chi connectivity index (χ0n) is 12.1. The number of para-hydroxylation sites is 2. The Morgan fingerprint density at radius 2 is 1.48 bits per heavy atom. The van der Waals surface area contributed by atoms with Gasteiger partial charge >= 0.3 is 0 Å². The van der Waals surface area contributed by atoms with E-state index >= 15 is 0 Å². The van der Waals surface area contributed by atoms with Crippen molar-refractivity contribution in [1.82, 2.24) is 5.32 Å². The van der Waals surface area contributed by atoms with Gasteiger partial charge in [0.25, 0.3) is 0 Å². The Balaban J connectivity index is 1.70. The molecule has 2 nitrogen and oxygen atoms in total. The molecule has 0 bridgehead atoms. The molecule has 2 aliphatic heterocycles. The lowest BCUT2D eigenvalue weighted by atomic mass is 9.97. The van der Waals surface area contributed by atoms with Crippen molar-refractivity contribution >= 4 is 23.1 Å². The molecule has 0 saturated carbocycles. The smallest absolute Gasteiger partial charge is 0.0552 e. The summed E-state index contributed by atoms with van der Waals surface area (Å²) in [6, 6.07) is 17.6. The highest BCUT2D eigenvalue weighted by Crippen LogP contribution is 2.48. The predicted octanol–water partition coefficient (Wildman–Crippen LogP) is 4.29. The lowest BCUT2D eigenvalue weighted by Gasteiger charge is -2.36. The summed E-state index contributed by atoms with van der Waals surface area (Å²) in [5.74, 6) is 0.787. The van der Waals surface area contributed by atoms with Gasteiger partial charge in [-0.2, -0.15) is 0 Å². The molecule has 2 aliphatic rings. The van der Waals surface area contributed by atoms with Crippen LogP contribution in [0.3, 0.4) is 0 Å². The van der Waals surface area contributed by atoms with Crippen LogP contribution in [0.1, 0.15) is 12.8 Å². The summed E-state index contributed by atoms with van der Waals surface area (Å²) in [6.45, 7) is 3.46. The first kappa shape index (κ1) is 13.2. The minimum absolute atomic E-state index is 0.787. The van der Waals surface area contributed by atoms with Gasteiger partial charge in [0.05, 0.1) is 11.4 Å². The second kappa shape index (κ2) is 5.74. The molecular weight excluding hydrogens is 276 g/mol. The fourth-order valence-corrected chi connectivity index (χ4v) is 4.40. The minimum Gasteiger partial charge on any atom is -0.339 e. The van der Waals surface area contributed by atoms with Gasteiger partial charge in [0.2, 0.25) is 0 Å². The van der Waals surface area contributed by atoms with Crippen LogP contribution in [0.4, 0.5) is 11.4 Å². The fourth-order valence-electron chi connectivity index (χ4n) is 3.30. The zero-order valence-corrected chi connectivity index (χ0v) is 12.9. The molecule has 3 heteroatoms. The first-order valence-corrected chi connectivity index (χ1v) is 8.57. The number of nitrogens with one attached hydrogen (secondary N) is 1. The molecule has 2 aromatic carbocycles. The molecule has 21 heavy (non-hydrogen) atoms. The highest BCUT2D eigenvalue weighted by Gasteiger charge is 2.25. The van der Waals surface area contributed by atoms with E-state index in [1.807, 2.05) is 11.8 Å². The van der Waals surface area contributed by atoms with Gasteiger partial charge in [-0.15, -0.1) is 0 Å². The van der Waals surface area contributed by atoms with Gasteiger partial charge in [0, 0.05) is 16.3 Å². The first-order chi connectivity index (χ1) is 10.4. The number of hydrogen-bond acceptors (Lipinski definition) is 3. The largest absolute Gasteiger partial charge is 0.339 e. The molecule has 1 N–H and O–H groups in total. The molecule has 0 atom stereocenters. The summed E-state index contributed by atoms with van der Waals surface area (Å²) < 4.78 is 0. The molecular formula is C18H20N2S. The summed E-state index contributed by atoms with van der Waals surface area (Å²) in [5, 5.41) is 3.47. The van der Waals surface area contributed by atoms with Crippen molar-refractivity contribution in [3.63, 3.8) is 0 Å². The van der Waals surface area contributed by atoms with Crippen LogP contribution < -0.4 is 10.2 Å². The van der Waals surface area contributed by atoms with E-state index in [1.165, 1.54) is 34.0 Å². The molecule has 0 radical (unpaired) electrons. The molecule has 2 heterocycles. The summed E-state index contributed by atoms with van der Waals surface area (Å²) in [6.07, 6.45) is 2.57. The highest BCUT2D eigenvalue weighted by atomic mass is 32.2. The Kier molecular flexibility index (Phi) is 3.62. The number of rotatable bonds is 2. The van der Waals surface area contributed by atoms with Crippen LogP contribution in [0.5, 0.6) is 0 Å². The molecule has 108 valence electrons. The lowest BCUT2D eigenvalue weighted by Crippen LogP contribution is -2.35. The Morgan fingerprint density at radius 1 is 0.905 bits per heavy atom. The van der Waals surface area contributed by atoms with E-state index in [2.05, 4.69) is 58.7 Å². The van der Waals surface area contributed by atoms with E-state index < -0.39 is 0 Å². The van der Waals surface area contributed by atoms with Crippen LogP contribution in [-0.4, -0.2) is 19.6 Å². The normalized spacial score (nSPS) is 18.2. The van der Waals surface area contributed by atoms with Crippen LogP contribution in [0, 0.1) is 5.92 Å². The standard InChI is InChI=1S/C18H20N2S/c1-3-7-17-15(5-1)20(13-14-9-11-19-12-10-14)16-6-2-4-8-18(16)21-17/h1-8,14,19H,9-13H2. The van der Waals surface area contributed by atoms with Gasteiger partial charge in [0.15, 0.2) is 0 Å². The van der Waals surface area contributed by atoms with Gasteiger partial charge < -0.3 is 10.2 Å². The maximum atomic E-state index is 3.47. The Morgan fingerprint density at radius 3 is 2.10 bits per heavy atom. The average Bonchev–Trinajstić information content (AvgIpc) is 2.55. The number of hydrogen-bond donors (Lipinski definition) is 1. The van der Waals surface area contributed by atoms with Crippen molar-refractivity contribution in [1.29, 1.82) is 0 Å². The van der Waals surface area contributed by atoms with E-state index in [4.69, 9.17) is 0 Å². The Labute approximate surface area is 130 Å². The molecule has 1 fully saturated rings. The summed E-state index contributed by atoms with van der Waals surface area (Å²) in [4.78, 5) is 5.30. The monoisotopic (exact) mass is 296 g/mol. The fraction of sp³-hybridized carbons (Fsp3) is 0.333. The van der Waals surface area contributed by atoms with E-state index in [0.717, 1.165) is 25.6 Å². The average molecular weight is 296 g/mol. The van der Waals surface area contributed by atoms with Gasteiger partial charge in [-0.3, -0.25) is 0 Å². The van der Waals surface area contributed by atoms with Crippen LogP contribution in [0.25, 0.3) is 0 Å². The molecule has 0 aromatic heterocycles. The maximum absolute atomic E-state index is 3.47. The van der Waals surface area contributed by atoms with Crippen molar-refractivity contribution in [2.45, 2.75) is 22.6 Å². The molecule has 0 aliphatic carbocycles. The molecule has 0 amide bonds. The Hall–Kier alpha value is -1.45. The molecule has 0 unspecified atom stereocenters. The number of benzene rings is 2. The van der Waals surface area contributed by atoms with Gasteiger partial charge in [0.1, 0.15) is 0 Å². The predicted molar refractivity (Wildman–Crippen MR) is 89.6 cm³/mol. The SMILES string of the molecule is c1ccc2c(c1)Sc1ccccc1N2CC1CCNCC1. The number of fused-ring (bicyclic) bond motifs is 2. The van der Waals surface area contributed by atoms with Crippen molar-refractivity contribution in [3.05, 3.63) is 48.5 Å². The van der Waals surface area contributed by atoms with Crippen LogP contribution >= 0.6 is 11.8 Å². The van der Waals surface area contributed by atoms with Crippen molar-refractivity contribution in [3.8, 4) is 0 Å². The molecule has 2 aromatic rings. The number of piperidine rings is 1. The molecule has 4 rings (SSSR count). The zero-order chi connectivity index (χ0) is 14.1. The maximum Gasteiger partial charge on any atom is 0.0552 e. The molecule has 1 saturated heterocycles. The summed E-state index contributed by atoms with van der Waals surface area (Å²) in [5.41, 5.74) is 2.75. The quantitative estimate of drug-likeness (QED) is 0.890. The first-order valence-electron chi connectivity index (χ1n) is 7.76. The second-order valence-electron chi connectivity index (χ2n) is 5.84. The summed E-state index contributed by atoms with van der Waals surface area (Å²) >= 11 is 1.89. The minimum atomic E-state index is 0.787. The van der Waals surface area contributed by atoms with E-state index in [9.17, 15) is 0 Å². The number of nitrogens with zero attached hydrogens (tertiary/aromatic N) is 1. The van der Waals surface area contributed by atoms with Gasteiger partial charge in [-0.05, 0) is 56.1 Å². The lowest BCUT2D eigenvalue weighted by molar-refractivity contribution is 0.380.